The van der Waals surface area contributed by atoms with E-state index in [1.54, 1.807) is 23.5 Å². The molecule has 31 heavy (non-hydrogen) atoms. The molecule has 2 heterocycles. The number of anilines is 1. The zero-order valence-corrected chi connectivity index (χ0v) is 18.6. The minimum Gasteiger partial charge on any atom is -0.343 e. The van der Waals surface area contributed by atoms with Crippen LogP contribution in [0.15, 0.2) is 24.3 Å². The number of nitrogens with zero attached hydrogens (tertiary/aromatic N) is 4. The molecule has 0 N–H and O–H groups in total. The number of benzene rings is 1. The van der Waals surface area contributed by atoms with E-state index >= 15 is 0 Å². The van der Waals surface area contributed by atoms with Crippen LogP contribution < -0.4 is 4.90 Å². The molecule has 7 heteroatoms. The van der Waals surface area contributed by atoms with Gasteiger partial charge < -0.3 is 9.80 Å². The summed E-state index contributed by atoms with van der Waals surface area (Å²) in [4.78, 5) is 18.0. The van der Waals surface area contributed by atoms with Crippen LogP contribution in [0.25, 0.3) is 0 Å². The standard InChI is InChI=1S/C24H29FN4OS/c25-20-3-1-16(2-4-20)12-21-26-27-23(31-21)29-7-5-28(6-8-29)22(30)24-13-17-9-18(14-24)11-19(10-17)15-24/h1-4,17-19H,5-15H2. The minimum absolute atomic E-state index is 0.0397. The normalized spacial score (nSPS) is 32.0. The Balaban J connectivity index is 1.08. The highest BCUT2D eigenvalue weighted by molar-refractivity contribution is 7.15. The lowest BCUT2D eigenvalue weighted by molar-refractivity contribution is -0.158. The predicted molar refractivity (Wildman–Crippen MR) is 119 cm³/mol. The lowest BCUT2D eigenvalue weighted by Gasteiger charge is -2.57. The number of carbonyl (C=O) groups is 1. The Bertz CT molecular complexity index is 931. The van der Waals surface area contributed by atoms with Gasteiger partial charge in [0, 0.05) is 32.6 Å². The average Bonchev–Trinajstić information content (AvgIpc) is 3.22. The summed E-state index contributed by atoms with van der Waals surface area (Å²) in [5.41, 5.74) is 0.997. The second kappa shape index (κ2) is 7.54. The number of amides is 1. The second-order valence-corrected chi connectivity index (χ2v) is 11.3. The highest BCUT2D eigenvalue weighted by Gasteiger charge is 2.55. The molecule has 7 rings (SSSR count). The van der Waals surface area contributed by atoms with Crippen molar-refractivity contribution in [2.75, 3.05) is 31.1 Å². The molecule has 0 radical (unpaired) electrons. The van der Waals surface area contributed by atoms with Gasteiger partial charge in [0.25, 0.3) is 0 Å². The zero-order valence-electron chi connectivity index (χ0n) is 17.8. The van der Waals surface area contributed by atoms with E-state index in [0.29, 0.717) is 12.3 Å². The van der Waals surface area contributed by atoms with E-state index in [1.807, 2.05) is 0 Å². The van der Waals surface area contributed by atoms with Gasteiger partial charge in [0.15, 0.2) is 0 Å². The fourth-order valence-electron chi connectivity index (χ4n) is 7.03. The van der Waals surface area contributed by atoms with E-state index in [9.17, 15) is 9.18 Å². The largest absolute Gasteiger partial charge is 0.343 e. The monoisotopic (exact) mass is 440 g/mol. The van der Waals surface area contributed by atoms with E-state index in [1.165, 1.54) is 31.4 Å². The molecule has 164 valence electrons. The number of aromatic nitrogens is 2. The Morgan fingerprint density at radius 1 is 0.968 bits per heavy atom. The van der Waals surface area contributed by atoms with E-state index in [-0.39, 0.29) is 11.2 Å². The Morgan fingerprint density at radius 3 is 2.19 bits per heavy atom. The molecule has 5 aliphatic rings. The van der Waals surface area contributed by atoms with Gasteiger partial charge in [0.2, 0.25) is 11.0 Å². The van der Waals surface area contributed by atoms with E-state index < -0.39 is 0 Å². The van der Waals surface area contributed by atoms with Crippen LogP contribution in [-0.4, -0.2) is 47.2 Å². The first-order chi connectivity index (χ1) is 15.1. The molecule has 4 aliphatic carbocycles. The average molecular weight is 441 g/mol. The number of carbonyl (C=O) groups excluding carboxylic acids is 1. The Labute approximate surface area is 186 Å². The maximum Gasteiger partial charge on any atom is 0.228 e. The first-order valence-electron chi connectivity index (χ1n) is 11.7. The fraction of sp³-hybridized carbons (Fsp3) is 0.625. The van der Waals surface area contributed by atoms with Crippen molar-refractivity contribution in [2.45, 2.75) is 44.9 Å². The van der Waals surface area contributed by atoms with Gasteiger partial charge in [-0.05, 0) is 74.0 Å². The van der Waals surface area contributed by atoms with E-state index in [2.05, 4.69) is 20.0 Å². The van der Waals surface area contributed by atoms with E-state index in [0.717, 1.165) is 78.9 Å². The van der Waals surface area contributed by atoms with Crippen LogP contribution in [0.4, 0.5) is 9.52 Å². The Kier molecular flexibility index (Phi) is 4.78. The number of hydrogen-bond donors (Lipinski definition) is 0. The molecule has 1 amide bonds. The summed E-state index contributed by atoms with van der Waals surface area (Å²) in [6, 6.07) is 6.56. The molecule has 4 bridgehead atoms. The van der Waals surface area contributed by atoms with Gasteiger partial charge in [-0.1, -0.05) is 23.5 Å². The van der Waals surface area contributed by atoms with Crippen LogP contribution in [-0.2, 0) is 11.2 Å². The smallest absolute Gasteiger partial charge is 0.228 e. The lowest BCUT2D eigenvalue weighted by Crippen LogP contribution is -2.58. The zero-order chi connectivity index (χ0) is 21.0. The molecule has 1 aromatic carbocycles. The van der Waals surface area contributed by atoms with Crippen molar-refractivity contribution in [3.63, 3.8) is 0 Å². The number of rotatable bonds is 4. The summed E-state index contributed by atoms with van der Waals surface area (Å²) < 4.78 is 13.1. The molecular weight excluding hydrogens is 411 g/mol. The van der Waals surface area contributed by atoms with Crippen LogP contribution in [0.2, 0.25) is 0 Å². The Hall–Kier alpha value is -2.02. The maximum atomic E-state index is 13.6. The molecule has 2 aromatic rings. The van der Waals surface area contributed by atoms with Crippen molar-refractivity contribution in [1.29, 1.82) is 0 Å². The van der Waals surface area contributed by atoms with Gasteiger partial charge in [0.05, 0.1) is 5.41 Å². The van der Waals surface area contributed by atoms with E-state index in [4.69, 9.17) is 0 Å². The van der Waals surface area contributed by atoms with Gasteiger partial charge >= 0.3 is 0 Å². The molecule has 0 unspecified atom stereocenters. The summed E-state index contributed by atoms with van der Waals surface area (Å²) >= 11 is 1.60. The number of piperazine rings is 1. The third kappa shape index (κ3) is 3.65. The topological polar surface area (TPSA) is 49.3 Å². The molecule has 0 atom stereocenters. The van der Waals surface area contributed by atoms with Crippen molar-refractivity contribution in [3.8, 4) is 0 Å². The summed E-state index contributed by atoms with van der Waals surface area (Å²) in [7, 11) is 0. The third-order valence-electron chi connectivity index (χ3n) is 8.05. The van der Waals surface area contributed by atoms with Crippen molar-refractivity contribution < 1.29 is 9.18 Å². The highest BCUT2D eigenvalue weighted by atomic mass is 32.1. The molecule has 1 aliphatic heterocycles. The minimum atomic E-state index is -0.220. The molecule has 1 saturated heterocycles. The highest BCUT2D eigenvalue weighted by Crippen LogP contribution is 2.60. The van der Waals surface area contributed by atoms with Crippen LogP contribution in [0.5, 0.6) is 0 Å². The van der Waals surface area contributed by atoms with Crippen molar-refractivity contribution in [2.24, 2.45) is 23.2 Å². The molecule has 4 saturated carbocycles. The lowest BCUT2D eigenvalue weighted by atomic mass is 9.49. The summed E-state index contributed by atoms with van der Waals surface area (Å²) in [6.45, 7) is 3.22. The van der Waals surface area contributed by atoms with Gasteiger partial charge in [0.1, 0.15) is 10.8 Å². The van der Waals surface area contributed by atoms with Crippen LogP contribution >= 0.6 is 11.3 Å². The summed E-state index contributed by atoms with van der Waals surface area (Å²) in [5, 5.41) is 10.6. The van der Waals surface area contributed by atoms with Gasteiger partial charge in [-0.2, -0.15) is 0 Å². The molecular formula is C24H29FN4OS. The third-order valence-corrected chi connectivity index (χ3v) is 9.04. The van der Waals surface area contributed by atoms with Crippen LogP contribution in [0.1, 0.15) is 49.1 Å². The van der Waals surface area contributed by atoms with Crippen molar-refractivity contribution in [3.05, 3.63) is 40.7 Å². The molecule has 5 nitrogen and oxygen atoms in total. The predicted octanol–water partition coefficient (Wildman–Crippen LogP) is 4.13. The van der Waals surface area contributed by atoms with Crippen molar-refractivity contribution >= 4 is 22.4 Å². The fourth-order valence-corrected chi connectivity index (χ4v) is 7.95. The van der Waals surface area contributed by atoms with Crippen LogP contribution in [0.3, 0.4) is 0 Å². The van der Waals surface area contributed by atoms with Gasteiger partial charge in [-0.3, -0.25) is 4.79 Å². The molecule has 5 fully saturated rings. The van der Waals surface area contributed by atoms with Crippen LogP contribution in [0, 0.1) is 29.0 Å². The quantitative estimate of drug-likeness (QED) is 0.717. The number of hydrogen-bond acceptors (Lipinski definition) is 5. The van der Waals surface area contributed by atoms with Crippen molar-refractivity contribution in [1.82, 2.24) is 15.1 Å². The second-order valence-electron chi connectivity index (χ2n) is 10.3. The van der Waals surface area contributed by atoms with Gasteiger partial charge in [-0.25, -0.2) is 4.39 Å². The summed E-state index contributed by atoms with van der Waals surface area (Å²) in [6.07, 6.45) is 8.21. The molecule has 0 spiro atoms. The number of halogens is 1. The Morgan fingerprint density at radius 2 is 1.58 bits per heavy atom. The molecule has 1 aromatic heterocycles. The summed E-state index contributed by atoms with van der Waals surface area (Å²) in [5.74, 6) is 2.63. The first kappa shape index (κ1) is 19.6. The van der Waals surface area contributed by atoms with Gasteiger partial charge in [-0.15, -0.1) is 10.2 Å². The SMILES string of the molecule is O=C(N1CCN(c2nnc(Cc3ccc(F)cc3)s2)CC1)C12CC3CC(CC(C3)C1)C2. The maximum absolute atomic E-state index is 13.6. The first-order valence-corrected chi connectivity index (χ1v) is 12.5.